The normalized spacial score (nSPS) is 22.4. The van der Waals surface area contributed by atoms with Gasteiger partial charge < -0.3 is 4.74 Å². The molecule has 2 unspecified atom stereocenters. The molecule has 1 heterocycles. The van der Waals surface area contributed by atoms with Gasteiger partial charge in [0, 0.05) is 12.6 Å². The molecule has 1 saturated heterocycles. The number of hydrogen-bond donors (Lipinski definition) is 2. The second-order valence-corrected chi connectivity index (χ2v) is 4.58. The summed E-state index contributed by atoms with van der Waals surface area (Å²) in [6.45, 7) is 1.58. The van der Waals surface area contributed by atoms with Crippen LogP contribution in [0.15, 0.2) is 24.3 Å². The molecule has 2 atom stereocenters. The van der Waals surface area contributed by atoms with Crippen LogP contribution >= 0.6 is 0 Å². The van der Waals surface area contributed by atoms with Gasteiger partial charge in [-0.25, -0.2) is 4.39 Å². The fourth-order valence-corrected chi connectivity index (χ4v) is 2.36. The molecule has 0 aromatic heterocycles. The fourth-order valence-electron chi connectivity index (χ4n) is 2.36. The van der Waals surface area contributed by atoms with Gasteiger partial charge in [0.15, 0.2) is 0 Å². The monoisotopic (exact) mass is 238 g/mol. The minimum Gasteiger partial charge on any atom is -0.381 e. The number of hydrazine groups is 1. The van der Waals surface area contributed by atoms with Crippen molar-refractivity contribution < 1.29 is 9.13 Å². The Hall–Kier alpha value is -0.970. The second-order valence-electron chi connectivity index (χ2n) is 4.58. The number of rotatable bonds is 4. The molecule has 0 radical (unpaired) electrons. The van der Waals surface area contributed by atoms with Crippen molar-refractivity contribution in [3.8, 4) is 0 Å². The summed E-state index contributed by atoms with van der Waals surface area (Å²) in [5, 5.41) is 0. The van der Waals surface area contributed by atoms with E-state index in [4.69, 9.17) is 10.6 Å². The summed E-state index contributed by atoms with van der Waals surface area (Å²) in [5.74, 6) is 5.81. The van der Waals surface area contributed by atoms with Crippen molar-refractivity contribution in [2.24, 2.45) is 11.8 Å². The van der Waals surface area contributed by atoms with Gasteiger partial charge in [-0.1, -0.05) is 12.1 Å². The molecule has 4 heteroatoms. The second kappa shape index (κ2) is 6.10. The molecule has 1 fully saturated rings. The third kappa shape index (κ3) is 3.49. The number of hydrogen-bond acceptors (Lipinski definition) is 3. The van der Waals surface area contributed by atoms with E-state index in [2.05, 4.69) is 5.43 Å². The van der Waals surface area contributed by atoms with Crippen molar-refractivity contribution in [1.82, 2.24) is 5.43 Å². The molecule has 1 aliphatic rings. The van der Waals surface area contributed by atoms with E-state index in [1.807, 2.05) is 6.07 Å². The molecule has 1 aromatic rings. The summed E-state index contributed by atoms with van der Waals surface area (Å²) in [7, 11) is 0. The van der Waals surface area contributed by atoms with Gasteiger partial charge in [0.25, 0.3) is 0 Å². The highest BCUT2D eigenvalue weighted by Gasteiger charge is 2.23. The van der Waals surface area contributed by atoms with E-state index in [0.29, 0.717) is 5.92 Å². The number of benzene rings is 1. The average molecular weight is 238 g/mol. The van der Waals surface area contributed by atoms with Crippen LogP contribution < -0.4 is 11.3 Å². The lowest BCUT2D eigenvalue weighted by Gasteiger charge is -2.29. The van der Waals surface area contributed by atoms with Crippen LogP contribution in [0.2, 0.25) is 0 Å². The maximum Gasteiger partial charge on any atom is 0.123 e. The Balaban J connectivity index is 1.98. The first-order valence-electron chi connectivity index (χ1n) is 6.08. The van der Waals surface area contributed by atoms with Crippen molar-refractivity contribution in [3.05, 3.63) is 35.6 Å². The number of nitrogens with two attached hydrogens (primary N) is 1. The molecule has 94 valence electrons. The van der Waals surface area contributed by atoms with Gasteiger partial charge in [-0.3, -0.25) is 11.3 Å². The molecular weight excluding hydrogens is 219 g/mol. The van der Waals surface area contributed by atoms with Crippen LogP contribution in [-0.4, -0.2) is 19.3 Å². The highest BCUT2D eigenvalue weighted by atomic mass is 19.1. The van der Waals surface area contributed by atoms with Gasteiger partial charge in [0.2, 0.25) is 0 Å². The first kappa shape index (κ1) is 12.5. The van der Waals surface area contributed by atoms with Gasteiger partial charge in [0.1, 0.15) is 5.82 Å². The van der Waals surface area contributed by atoms with Crippen LogP contribution in [0.25, 0.3) is 0 Å². The maximum absolute atomic E-state index is 13.1. The first-order valence-corrected chi connectivity index (χ1v) is 6.08. The first-order chi connectivity index (χ1) is 8.29. The molecule has 1 aliphatic heterocycles. The van der Waals surface area contributed by atoms with E-state index in [1.54, 1.807) is 12.1 Å². The van der Waals surface area contributed by atoms with Crippen molar-refractivity contribution in [2.45, 2.75) is 25.3 Å². The predicted octanol–water partition coefficient (Wildman–Crippen LogP) is 1.63. The Bertz CT molecular complexity index is 353. The predicted molar refractivity (Wildman–Crippen MR) is 64.8 cm³/mol. The topological polar surface area (TPSA) is 47.3 Å². The van der Waals surface area contributed by atoms with Crippen molar-refractivity contribution >= 4 is 0 Å². The molecule has 0 bridgehead atoms. The summed E-state index contributed by atoms with van der Waals surface area (Å²) in [4.78, 5) is 0. The number of ether oxygens (including phenoxy) is 1. The average Bonchev–Trinajstić information content (AvgIpc) is 2.37. The zero-order valence-electron chi connectivity index (χ0n) is 9.86. The van der Waals surface area contributed by atoms with E-state index in [9.17, 15) is 4.39 Å². The van der Waals surface area contributed by atoms with Crippen molar-refractivity contribution in [2.75, 3.05) is 13.2 Å². The van der Waals surface area contributed by atoms with Crippen LogP contribution in [0.4, 0.5) is 4.39 Å². The quantitative estimate of drug-likeness (QED) is 0.619. The van der Waals surface area contributed by atoms with Gasteiger partial charge >= 0.3 is 0 Å². The lowest BCUT2D eigenvalue weighted by Crippen LogP contribution is -2.45. The summed E-state index contributed by atoms with van der Waals surface area (Å²) in [5.41, 5.74) is 3.81. The SMILES string of the molecule is NNC(Cc1cccc(F)c1)C1CCCOC1. The van der Waals surface area contributed by atoms with Crippen LogP contribution in [0, 0.1) is 11.7 Å². The smallest absolute Gasteiger partial charge is 0.123 e. The highest BCUT2D eigenvalue weighted by molar-refractivity contribution is 5.17. The molecule has 17 heavy (non-hydrogen) atoms. The van der Waals surface area contributed by atoms with Crippen LogP contribution in [0.5, 0.6) is 0 Å². The van der Waals surface area contributed by atoms with Crippen molar-refractivity contribution in [1.29, 1.82) is 0 Å². The number of halogens is 1. The minimum absolute atomic E-state index is 0.150. The summed E-state index contributed by atoms with van der Waals surface area (Å²) < 4.78 is 18.5. The Morgan fingerprint density at radius 1 is 1.53 bits per heavy atom. The Morgan fingerprint density at radius 3 is 3.06 bits per heavy atom. The summed E-state index contributed by atoms with van der Waals surface area (Å²) in [6, 6.07) is 6.83. The van der Waals surface area contributed by atoms with Gasteiger partial charge in [0.05, 0.1) is 6.61 Å². The Kier molecular flexibility index (Phi) is 4.48. The summed E-state index contributed by atoms with van der Waals surface area (Å²) >= 11 is 0. The molecule has 3 N–H and O–H groups in total. The molecule has 1 aromatic carbocycles. The van der Waals surface area contributed by atoms with Gasteiger partial charge in [-0.15, -0.1) is 0 Å². The van der Waals surface area contributed by atoms with Crippen LogP contribution in [-0.2, 0) is 11.2 Å². The minimum atomic E-state index is -0.196. The third-order valence-electron chi connectivity index (χ3n) is 3.32. The van der Waals surface area contributed by atoms with E-state index in [-0.39, 0.29) is 11.9 Å². The fraction of sp³-hybridized carbons (Fsp3) is 0.538. The lowest BCUT2D eigenvalue weighted by molar-refractivity contribution is 0.0393. The molecule has 0 aliphatic carbocycles. The van der Waals surface area contributed by atoms with Crippen molar-refractivity contribution in [3.63, 3.8) is 0 Å². The van der Waals surface area contributed by atoms with Gasteiger partial charge in [-0.2, -0.15) is 0 Å². The molecule has 0 saturated carbocycles. The van der Waals surface area contributed by atoms with Crippen LogP contribution in [0.3, 0.4) is 0 Å². The van der Waals surface area contributed by atoms with E-state index in [1.165, 1.54) is 6.07 Å². The molecule has 0 spiro atoms. The van der Waals surface area contributed by atoms with Crippen LogP contribution in [0.1, 0.15) is 18.4 Å². The number of nitrogens with one attached hydrogen (secondary N) is 1. The van der Waals surface area contributed by atoms with E-state index >= 15 is 0 Å². The zero-order valence-corrected chi connectivity index (χ0v) is 9.86. The molecule has 3 nitrogen and oxygen atoms in total. The van der Waals surface area contributed by atoms with E-state index in [0.717, 1.165) is 38.0 Å². The lowest BCUT2D eigenvalue weighted by atomic mass is 9.90. The Morgan fingerprint density at radius 2 is 2.41 bits per heavy atom. The summed E-state index contributed by atoms with van der Waals surface area (Å²) in [6.07, 6.45) is 2.93. The third-order valence-corrected chi connectivity index (χ3v) is 3.32. The zero-order chi connectivity index (χ0) is 12.1. The molecular formula is C13H19FN2O. The Labute approximate surface area is 101 Å². The largest absolute Gasteiger partial charge is 0.381 e. The molecule has 2 rings (SSSR count). The van der Waals surface area contributed by atoms with Gasteiger partial charge in [-0.05, 0) is 42.9 Å². The highest BCUT2D eigenvalue weighted by Crippen LogP contribution is 2.20. The van der Waals surface area contributed by atoms with E-state index < -0.39 is 0 Å². The maximum atomic E-state index is 13.1. The standard InChI is InChI=1S/C13H19FN2O/c14-12-5-1-3-10(7-12)8-13(16-15)11-4-2-6-17-9-11/h1,3,5,7,11,13,16H,2,4,6,8-9,15H2. The molecule has 0 amide bonds.